The molecule has 1 saturated heterocycles. The third-order valence-electron chi connectivity index (χ3n) is 4.19. The molecule has 1 unspecified atom stereocenters. The number of carbonyl (C=O) groups is 5. The summed E-state index contributed by atoms with van der Waals surface area (Å²) in [6.07, 6.45) is 0.146. The van der Waals surface area contributed by atoms with Crippen molar-refractivity contribution in [3.63, 3.8) is 0 Å². The molecular weight excluding hydrogens is 354 g/mol. The summed E-state index contributed by atoms with van der Waals surface area (Å²) in [6, 6.07) is 3.44. The second kappa shape index (κ2) is 7.39. The third-order valence-corrected chi connectivity index (χ3v) is 4.19. The van der Waals surface area contributed by atoms with Crippen LogP contribution in [0.5, 0.6) is 0 Å². The summed E-state index contributed by atoms with van der Waals surface area (Å²) >= 11 is 0. The maximum absolute atomic E-state index is 12.7. The number of nitrogens with one attached hydrogen (secondary N) is 2. The predicted molar refractivity (Wildman–Crippen MR) is 90.1 cm³/mol. The number of nitrogens with zero attached hydrogens (tertiary/aromatic N) is 1. The van der Waals surface area contributed by atoms with E-state index in [-0.39, 0.29) is 30.5 Å². The van der Waals surface area contributed by atoms with Crippen molar-refractivity contribution in [2.75, 3.05) is 13.2 Å². The Hall–Kier alpha value is -3.51. The van der Waals surface area contributed by atoms with Gasteiger partial charge in [0.05, 0.1) is 17.7 Å². The van der Waals surface area contributed by atoms with Crippen LogP contribution in [0.2, 0.25) is 0 Å². The van der Waals surface area contributed by atoms with Crippen LogP contribution >= 0.6 is 0 Å². The second-order valence-electron chi connectivity index (χ2n) is 5.94. The van der Waals surface area contributed by atoms with Crippen LogP contribution in [0.4, 0.5) is 0 Å². The zero-order chi connectivity index (χ0) is 19.6. The van der Waals surface area contributed by atoms with E-state index in [2.05, 4.69) is 22.5 Å². The standard InChI is InChI=1S/C18H15N3O6/c22-9-15(24)19-7-1-2-10-3-4-11-12(8-10)18(27)21(17(11)26)13-5-6-14(23)20-16(13)25/h3-4,8,13,22H,5-7,9H2,(H,19,24)(H,20,23,25). The molecule has 9 nitrogen and oxygen atoms in total. The molecule has 2 aliphatic heterocycles. The second-order valence-corrected chi connectivity index (χ2v) is 5.94. The molecule has 0 radical (unpaired) electrons. The Bertz CT molecular complexity index is 927. The number of amides is 5. The van der Waals surface area contributed by atoms with Gasteiger partial charge in [0, 0.05) is 12.0 Å². The fourth-order valence-electron chi connectivity index (χ4n) is 2.89. The van der Waals surface area contributed by atoms with Crippen LogP contribution < -0.4 is 10.6 Å². The maximum Gasteiger partial charge on any atom is 0.262 e. The largest absolute Gasteiger partial charge is 0.387 e. The highest BCUT2D eigenvalue weighted by atomic mass is 16.3. The highest BCUT2D eigenvalue weighted by molar-refractivity contribution is 6.23. The highest BCUT2D eigenvalue weighted by Crippen LogP contribution is 2.28. The number of benzene rings is 1. The number of hydrogen-bond donors (Lipinski definition) is 3. The number of carbonyl (C=O) groups excluding carboxylic acids is 5. The molecule has 138 valence electrons. The minimum atomic E-state index is -1.02. The average Bonchev–Trinajstić information content (AvgIpc) is 2.89. The van der Waals surface area contributed by atoms with Crippen molar-refractivity contribution in [1.29, 1.82) is 0 Å². The van der Waals surface area contributed by atoms with Crippen molar-refractivity contribution >= 4 is 29.5 Å². The number of hydrogen-bond acceptors (Lipinski definition) is 6. The van der Waals surface area contributed by atoms with E-state index in [9.17, 15) is 24.0 Å². The molecule has 0 bridgehead atoms. The molecule has 1 fully saturated rings. The first kappa shape index (κ1) is 18.3. The molecule has 3 N–H and O–H groups in total. The Labute approximate surface area is 153 Å². The molecule has 3 rings (SSSR count). The molecule has 0 saturated carbocycles. The van der Waals surface area contributed by atoms with Crippen LogP contribution in [0.25, 0.3) is 0 Å². The Morgan fingerprint density at radius 3 is 2.67 bits per heavy atom. The highest BCUT2D eigenvalue weighted by Gasteiger charge is 2.44. The van der Waals surface area contributed by atoms with Crippen molar-refractivity contribution in [3.8, 4) is 11.8 Å². The van der Waals surface area contributed by atoms with Gasteiger partial charge in [-0.15, -0.1) is 0 Å². The van der Waals surface area contributed by atoms with E-state index in [1.54, 1.807) is 6.07 Å². The number of aliphatic hydroxyl groups is 1. The van der Waals surface area contributed by atoms with Gasteiger partial charge >= 0.3 is 0 Å². The normalized spacial score (nSPS) is 18.6. The minimum absolute atomic E-state index is 0.0196. The topological polar surface area (TPSA) is 133 Å². The number of piperidine rings is 1. The smallest absolute Gasteiger partial charge is 0.262 e. The number of imide groups is 2. The lowest BCUT2D eigenvalue weighted by Gasteiger charge is -2.27. The third kappa shape index (κ3) is 3.56. The van der Waals surface area contributed by atoms with Gasteiger partial charge < -0.3 is 10.4 Å². The van der Waals surface area contributed by atoms with E-state index in [1.807, 2.05) is 0 Å². The van der Waals surface area contributed by atoms with E-state index in [0.29, 0.717) is 5.56 Å². The molecule has 2 heterocycles. The van der Waals surface area contributed by atoms with Crippen LogP contribution in [0.3, 0.4) is 0 Å². The van der Waals surface area contributed by atoms with Gasteiger partial charge in [-0.1, -0.05) is 11.8 Å². The summed E-state index contributed by atoms with van der Waals surface area (Å²) in [6.45, 7) is -0.612. The van der Waals surface area contributed by atoms with Crippen LogP contribution in [0.1, 0.15) is 39.1 Å². The van der Waals surface area contributed by atoms with Gasteiger partial charge in [-0.05, 0) is 24.6 Å². The molecule has 1 atom stereocenters. The summed E-state index contributed by atoms with van der Waals surface area (Å²) in [4.78, 5) is 60.3. The lowest BCUT2D eigenvalue weighted by molar-refractivity contribution is -0.136. The van der Waals surface area contributed by atoms with Crippen molar-refractivity contribution in [1.82, 2.24) is 15.5 Å². The van der Waals surface area contributed by atoms with Crippen molar-refractivity contribution in [2.24, 2.45) is 0 Å². The van der Waals surface area contributed by atoms with Gasteiger partial charge in [0.1, 0.15) is 12.6 Å². The van der Waals surface area contributed by atoms with Gasteiger partial charge in [0.15, 0.2) is 0 Å². The molecule has 1 aromatic carbocycles. The van der Waals surface area contributed by atoms with Gasteiger partial charge in [0.25, 0.3) is 11.8 Å². The Kier molecular flexibility index (Phi) is 5.00. The minimum Gasteiger partial charge on any atom is -0.387 e. The maximum atomic E-state index is 12.7. The van der Waals surface area contributed by atoms with E-state index < -0.39 is 42.2 Å². The van der Waals surface area contributed by atoms with E-state index in [4.69, 9.17) is 5.11 Å². The fourth-order valence-corrected chi connectivity index (χ4v) is 2.89. The Balaban J connectivity index is 1.79. The molecule has 5 amide bonds. The van der Waals surface area contributed by atoms with Gasteiger partial charge in [-0.2, -0.15) is 0 Å². The summed E-state index contributed by atoms with van der Waals surface area (Å²) in [5, 5.41) is 13.1. The molecule has 0 aromatic heterocycles. The zero-order valence-electron chi connectivity index (χ0n) is 14.1. The average molecular weight is 369 g/mol. The van der Waals surface area contributed by atoms with Crippen molar-refractivity contribution in [3.05, 3.63) is 34.9 Å². The molecule has 0 spiro atoms. The predicted octanol–water partition coefficient (Wildman–Crippen LogP) is -1.45. The number of rotatable bonds is 3. The molecule has 0 aliphatic carbocycles. The summed E-state index contributed by atoms with van der Waals surface area (Å²) in [5.41, 5.74) is 0.762. The molecule has 9 heteroatoms. The quantitative estimate of drug-likeness (QED) is 0.441. The Morgan fingerprint density at radius 2 is 1.96 bits per heavy atom. The Morgan fingerprint density at radius 1 is 1.22 bits per heavy atom. The van der Waals surface area contributed by atoms with Crippen molar-refractivity contribution < 1.29 is 29.1 Å². The van der Waals surface area contributed by atoms with Crippen LogP contribution in [-0.2, 0) is 14.4 Å². The monoisotopic (exact) mass is 369 g/mol. The SMILES string of the molecule is O=C(CO)NCC#Cc1ccc2c(c1)C(=O)N(C1CCC(=O)NC1=O)C2=O. The van der Waals surface area contributed by atoms with Crippen LogP contribution in [-0.4, -0.2) is 58.7 Å². The first-order valence-corrected chi connectivity index (χ1v) is 8.14. The van der Waals surface area contributed by atoms with E-state index in [0.717, 1.165) is 4.90 Å². The van der Waals surface area contributed by atoms with Gasteiger partial charge in [-0.25, -0.2) is 0 Å². The van der Waals surface area contributed by atoms with Gasteiger partial charge in [-0.3, -0.25) is 34.2 Å². The van der Waals surface area contributed by atoms with E-state index in [1.165, 1.54) is 12.1 Å². The molecule has 27 heavy (non-hydrogen) atoms. The van der Waals surface area contributed by atoms with Crippen LogP contribution in [0, 0.1) is 11.8 Å². The first-order chi connectivity index (χ1) is 12.9. The van der Waals surface area contributed by atoms with E-state index >= 15 is 0 Å². The number of aliphatic hydroxyl groups excluding tert-OH is 1. The van der Waals surface area contributed by atoms with Gasteiger partial charge in [0.2, 0.25) is 17.7 Å². The zero-order valence-corrected chi connectivity index (χ0v) is 14.1. The lowest BCUT2D eigenvalue weighted by atomic mass is 10.0. The van der Waals surface area contributed by atoms with Crippen LogP contribution in [0.15, 0.2) is 18.2 Å². The molecule has 2 aliphatic rings. The summed E-state index contributed by atoms with van der Waals surface area (Å²) in [7, 11) is 0. The summed E-state index contributed by atoms with van der Waals surface area (Å²) < 4.78 is 0. The van der Waals surface area contributed by atoms with Crippen molar-refractivity contribution in [2.45, 2.75) is 18.9 Å². The molecular formula is C18H15N3O6. The molecule has 1 aromatic rings. The lowest BCUT2D eigenvalue weighted by Crippen LogP contribution is -2.54. The summed E-state index contributed by atoms with van der Waals surface area (Å²) in [5.74, 6) is 2.56. The first-order valence-electron chi connectivity index (χ1n) is 8.14. The fraction of sp³-hybridized carbons (Fsp3) is 0.278. The number of fused-ring (bicyclic) bond motifs is 1.